The van der Waals surface area contributed by atoms with Crippen molar-refractivity contribution in [2.75, 3.05) is 19.0 Å². The first-order chi connectivity index (χ1) is 16.7. The number of ether oxygens (including phenoxy) is 2. The summed E-state index contributed by atoms with van der Waals surface area (Å²) >= 11 is 2.26. The number of hydrogen-bond donors (Lipinski definition) is 1. The average molecular weight is 562 g/mol. The third-order valence-electron chi connectivity index (χ3n) is 6.48. The predicted octanol–water partition coefficient (Wildman–Crippen LogP) is 7.44. The molecule has 1 aliphatic carbocycles. The van der Waals surface area contributed by atoms with Crippen molar-refractivity contribution >= 4 is 40.2 Å². The van der Waals surface area contributed by atoms with E-state index in [1.54, 1.807) is 13.2 Å². The number of rotatable bonds is 7. The number of nitrogens with zero attached hydrogens (tertiary/aromatic N) is 1. The van der Waals surface area contributed by atoms with Crippen LogP contribution in [-0.4, -0.2) is 19.9 Å². The Hall–Kier alpha value is -3.06. The second-order valence-electron chi connectivity index (χ2n) is 8.55. The minimum Gasteiger partial charge on any atom is -0.493 e. The maximum atomic E-state index is 5.74. The van der Waals surface area contributed by atoms with Crippen LogP contribution in [0.2, 0.25) is 0 Å². The Morgan fingerprint density at radius 2 is 1.97 bits per heavy atom. The van der Waals surface area contributed by atoms with E-state index < -0.39 is 0 Å². The lowest BCUT2D eigenvalue weighted by atomic mass is 9.77. The zero-order chi connectivity index (χ0) is 23.5. The van der Waals surface area contributed by atoms with Gasteiger partial charge < -0.3 is 14.8 Å². The van der Waals surface area contributed by atoms with Gasteiger partial charge in [-0.1, -0.05) is 55.1 Å². The summed E-state index contributed by atoms with van der Waals surface area (Å²) < 4.78 is 12.2. The Balaban J connectivity index is 1.34. The van der Waals surface area contributed by atoms with Crippen LogP contribution in [0, 0.1) is 9.49 Å². The molecule has 1 heterocycles. The maximum Gasteiger partial charge on any atom is 0.174 e. The van der Waals surface area contributed by atoms with Crippen LogP contribution in [0.4, 0.5) is 11.4 Å². The number of anilines is 1. The van der Waals surface area contributed by atoms with Crippen LogP contribution in [0.3, 0.4) is 0 Å². The molecule has 0 unspecified atom stereocenters. The van der Waals surface area contributed by atoms with E-state index in [1.807, 2.05) is 18.3 Å². The molecule has 4 nitrogen and oxygen atoms in total. The van der Waals surface area contributed by atoms with Gasteiger partial charge in [0, 0.05) is 17.8 Å². The monoisotopic (exact) mass is 562 g/mol. The van der Waals surface area contributed by atoms with Crippen LogP contribution in [0.1, 0.15) is 35.1 Å². The number of benzene rings is 3. The van der Waals surface area contributed by atoms with Crippen molar-refractivity contribution in [3.63, 3.8) is 0 Å². The van der Waals surface area contributed by atoms with Gasteiger partial charge >= 0.3 is 0 Å². The highest BCUT2D eigenvalue weighted by molar-refractivity contribution is 14.1. The molecule has 2 aliphatic rings. The number of fused-ring (bicyclic) bond motifs is 3. The van der Waals surface area contributed by atoms with Crippen LogP contribution >= 0.6 is 22.6 Å². The molecule has 172 valence electrons. The van der Waals surface area contributed by atoms with Gasteiger partial charge in [0.25, 0.3) is 0 Å². The summed E-state index contributed by atoms with van der Waals surface area (Å²) in [5.74, 6) is 2.44. The van der Waals surface area contributed by atoms with Gasteiger partial charge in [0.1, 0.15) is 6.61 Å². The van der Waals surface area contributed by atoms with Crippen LogP contribution < -0.4 is 14.8 Å². The van der Waals surface area contributed by atoms with E-state index in [0.29, 0.717) is 30.2 Å². The SMILES string of the molecule is C=CCOc1c(I)cc(C=Nc2ccc([C@@H]3Nc4ccccc4[C@H]4C=CC[C@H]43)cc2)cc1OC. The number of halogens is 1. The van der Waals surface area contributed by atoms with E-state index >= 15 is 0 Å². The molecule has 1 N–H and O–H groups in total. The zero-order valence-corrected chi connectivity index (χ0v) is 21.2. The summed E-state index contributed by atoms with van der Waals surface area (Å²) in [7, 11) is 1.65. The lowest BCUT2D eigenvalue weighted by Gasteiger charge is -2.37. The molecule has 3 atom stereocenters. The molecule has 0 fully saturated rings. The van der Waals surface area contributed by atoms with Crippen molar-refractivity contribution < 1.29 is 9.47 Å². The zero-order valence-electron chi connectivity index (χ0n) is 19.1. The Kier molecular flexibility index (Phi) is 6.72. The Morgan fingerprint density at radius 1 is 1.15 bits per heavy atom. The van der Waals surface area contributed by atoms with Crippen molar-refractivity contribution in [1.82, 2.24) is 0 Å². The van der Waals surface area contributed by atoms with Crippen LogP contribution in [0.5, 0.6) is 11.5 Å². The van der Waals surface area contributed by atoms with Crippen molar-refractivity contribution in [2.24, 2.45) is 10.9 Å². The highest BCUT2D eigenvalue weighted by Crippen LogP contribution is 2.49. The largest absolute Gasteiger partial charge is 0.493 e. The molecule has 34 heavy (non-hydrogen) atoms. The number of aliphatic imine (C=N–C) groups is 1. The molecule has 5 heteroatoms. The first-order valence-corrected chi connectivity index (χ1v) is 12.5. The molecule has 0 aromatic heterocycles. The normalized spacial score (nSPS) is 20.5. The summed E-state index contributed by atoms with van der Waals surface area (Å²) in [5.41, 5.74) is 5.83. The van der Waals surface area contributed by atoms with Gasteiger partial charge in [0.05, 0.1) is 22.4 Å². The molecule has 0 bridgehead atoms. The Morgan fingerprint density at radius 3 is 2.76 bits per heavy atom. The standard InChI is InChI=1S/C29H27IN2O2/c1-3-15-34-29-25(30)16-19(17-27(29)33-2)18-31-21-13-11-20(12-14-21)28-24-9-6-8-22(24)23-7-4-5-10-26(23)32-28/h3-8,10-14,16-18,22,24,28,32H,1,9,15H2,2H3/t22-,24-,28+/m1/s1. The smallest absolute Gasteiger partial charge is 0.174 e. The summed E-state index contributed by atoms with van der Waals surface area (Å²) in [6, 6.07) is 21.5. The van der Waals surface area contributed by atoms with Crippen molar-refractivity contribution in [3.05, 3.63) is 106 Å². The average Bonchev–Trinajstić information content (AvgIpc) is 3.37. The van der Waals surface area contributed by atoms with Crippen molar-refractivity contribution in [1.29, 1.82) is 0 Å². The molecule has 0 amide bonds. The predicted molar refractivity (Wildman–Crippen MR) is 148 cm³/mol. The van der Waals surface area contributed by atoms with E-state index in [0.717, 1.165) is 27.0 Å². The minimum absolute atomic E-state index is 0.293. The highest BCUT2D eigenvalue weighted by Gasteiger charge is 2.37. The topological polar surface area (TPSA) is 42.8 Å². The molecule has 0 spiro atoms. The first kappa shape index (κ1) is 22.7. The van der Waals surface area contributed by atoms with E-state index in [2.05, 4.69) is 95.2 Å². The van der Waals surface area contributed by atoms with Crippen molar-refractivity contribution in [2.45, 2.75) is 18.4 Å². The molecule has 3 aromatic carbocycles. The van der Waals surface area contributed by atoms with E-state index in [1.165, 1.54) is 16.8 Å². The number of para-hydroxylation sites is 1. The van der Waals surface area contributed by atoms with Gasteiger partial charge in [-0.25, -0.2) is 0 Å². The van der Waals surface area contributed by atoms with Crippen LogP contribution in [-0.2, 0) is 0 Å². The number of hydrogen-bond acceptors (Lipinski definition) is 4. The fourth-order valence-corrected chi connectivity index (χ4v) is 5.67. The summed E-state index contributed by atoms with van der Waals surface area (Å²) in [5, 5.41) is 3.79. The third kappa shape index (κ3) is 4.49. The summed E-state index contributed by atoms with van der Waals surface area (Å²) in [6.45, 7) is 4.14. The van der Waals surface area contributed by atoms with Gasteiger partial charge in [-0.3, -0.25) is 4.99 Å². The molecule has 0 saturated heterocycles. The number of allylic oxidation sites excluding steroid dienone is 2. The first-order valence-electron chi connectivity index (χ1n) is 11.5. The van der Waals surface area contributed by atoms with E-state index in [-0.39, 0.29) is 0 Å². The molecule has 5 rings (SSSR count). The summed E-state index contributed by atoms with van der Waals surface area (Å²) in [6.07, 6.45) is 9.39. The lowest BCUT2D eigenvalue weighted by molar-refractivity contribution is 0.324. The second kappa shape index (κ2) is 10.1. The maximum absolute atomic E-state index is 5.74. The van der Waals surface area contributed by atoms with Crippen molar-refractivity contribution in [3.8, 4) is 11.5 Å². The van der Waals surface area contributed by atoms with E-state index in [9.17, 15) is 0 Å². The van der Waals surface area contributed by atoms with Gasteiger partial charge in [-0.2, -0.15) is 0 Å². The van der Waals surface area contributed by atoms with Crippen LogP contribution in [0.15, 0.2) is 90.5 Å². The molecular weight excluding hydrogens is 535 g/mol. The molecule has 3 aromatic rings. The van der Waals surface area contributed by atoms with Crippen LogP contribution in [0.25, 0.3) is 0 Å². The van der Waals surface area contributed by atoms with Gasteiger partial charge in [-0.15, -0.1) is 0 Å². The number of nitrogens with one attached hydrogen (secondary N) is 1. The minimum atomic E-state index is 0.293. The molecular formula is C29H27IN2O2. The number of methoxy groups -OCH3 is 1. The van der Waals surface area contributed by atoms with E-state index in [4.69, 9.17) is 14.5 Å². The molecule has 0 radical (unpaired) electrons. The van der Waals surface area contributed by atoms with Gasteiger partial charge in [-0.05, 0) is 82.0 Å². The third-order valence-corrected chi connectivity index (χ3v) is 7.29. The molecule has 0 saturated carbocycles. The summed E-state index contributed by atoms with van der Waals surface area (Å²) in [4.78, 5) is 4.70. The van der Waals surface area contributed by atoms with Gasteiger partial charge in [0.2, 0.25) is 0 Å². The Bertz CT molecular complexity index is 1250. The van der Waals surface area contributed by atoms with Gasteiger partial charge in [0.15, 0.2) is 11.5 Å². The fraction of sp³-hybridized carbons (Fsp3) is 0.207. The highest BCUT2D eigenvalue weighted by atomic mass is 127. The second-order valence-corrected chi connectivity index (χ2v) is 9.71. The quantitative estimate of drug-likeness (QED) is 0.185. The molecule has 1 aliphatic heterocycles. The fourth-order valence-electron chi connectivity index (χ4n) is 4.89. The lowest BCUT2D eigenvalue weighted by Crippen LogP contribution is -2.28. The Labute approximate surface area is 214 Å².